The second-order valence-corrected chi connectivity index (χ2v) is 7.73. The van der Waals surface area contributed by atoms with Crippen LogP contribution in [0.15, 0.2) is 18.2 Å². The maximum absolute atomic E-state index is 13.8. The first-order valence-corrected chi connectivity index (χ1v) is 9.71. The number of para-hydroxylation sites is 1. The molecule has 1 N–H and O–H groups in total. The minimum absolute atomic E-state index is 0.0452. The first-order chi connectivity index (χ1) is 12.2. The molecule has 5 nitrogen and oxygen atoms in total. The molecule has 1 unspecified atom stereocenters. The first-order valence-electron chi connectivity index (χ1n) is 8.90. The highest BCUT2D eigenvalue weighted by Crippen LogP contribution is 2.32. The lowest BCUT2D eigenvalue weighted by atomic mass is 9.96. The Morgan fingerprint density at radius 3 is 2.92 bits per heavy atom. The summed E-state index contributed by atoms with van der Waals surface area (Å²) in [5.41, 5.74) is 0.443. The van der Waals surface area contributed by atoms with E-state index >= 15 is 0 Å². The van der Waals surface area contributed by atoms with E-state index < -0.39 is 0 Å². The smallest absolute Gasteiger partial charge is 0.223 e. The highest BCUT2D eigenvalue weighted by atomic mass is 32.1. The van der Waals surface area contributed by atoms with Crippen LogP contribution in [0.3, 0.4) is 0 Å². The molecule has 0 radical (unpaired) electrons. The number of piperidine rings is 1. The largest absolute Gasteiger partial charge is 0.376 e. The van der Waals surface area contributed by atoms with Crippen LogP contribution in [-0.4, -0.2) is 43.2 Å². The molecule has 0 saturated carbocycles. The first kappa shape index (κ1) is 16.7. The molecular formula is C18H22FN3O2S. The molecule has 2 fully saturated rings. The highest BCUT2D eigenvalue weighted by molar-refractivity contribution is 7.22. The summed E-state index contributed by atoms with van der Waals surface area (Å²) in [6.07, 6.45) is 3.90. The van der Waals surface area contributed by atoms with Gasteiger partial charge in [-0.15, -0.1) is 0 Å². The highest BCUT2D eigenvalue weighted by Gasteiger charge is 2.27. The number of carbonyl (C=O) groups is 1. The predicted molar refractivity (Wildman–Crippen MR) is 96.5 cm³/mol. The van der Waals surface area contributed by atoms with Gasteiger partial charge in [0.2, 0.25) is 5.91 Å². The van der Waals surface area contributed by atoms with Crippen LogP contribution in [0.1, 0.15) is 25.7 Å². The third-order valence-electron chi connectivity index (χ3n) is 5.02. The lowest BCUT2D eigenvalue weighted by molar-refractivity contribution is -0.126. The topological polar surface area (TPSA) is 54.5 Å². The van der Waals surface area contributed by atoms with E-state index in [1.54, 1.807) is 6.07 Å². The van der Waals surface area contributed by atoms with Crippen molar-refractivity contribution in [2.45, 2.75) is 31.8 Å². The number of ether oxygens (including phenoxy) is 1. The van der Waals surface area contributed by atoms with Crippen LogP contribution >= 0.6 is 11.3 Å². The van der Waals surface area contributed by atoms with Crippen molar-refractivity contribution in [2.75, 3.05) is 31.1 Å². The molecule has 7 heteroatoms. The van der Waals surface area contributed by atoms with E-state index in [-0.39, 0.29) is 23.7 Å². The number of fused-ring (bicyclic) bond motifs is 1. The Hall–Kier alpha value is -1.73. The summed E-state index contributed by atoms with van der Waals surface area (Å²) >= 11 is 1.51. The van der Waals surface area contributed by atoms with Gasteiger partial charge in [0.25, 0.3) is 0 Å². The van der Waals surface area contributed by atoms with Gasteiger partial charge in [0.15, 0.2) is 5.13 Å². The van der Waals surface area contributed by atoms with Gasteiger partial charge in [-0.3, -0.25) is 4.79 Å². The van der Waals surface area contributed by atoms with Crippen molar-refractivity contribution < 1.29 is 13.9 Å². The van der Waals surface area contributed by atoms with Crippen molar-refractivity contribution in [3.8, 4) is 0 Å². The fourth-order valence-electron chi connectivity index (χ4n) is 3.54. The summed E-state index contributed by atoms with van der Waals surface area (Å²) < 4.78 is 20.2. The quantitative estimate of drug-likeness (QED) is 0.907. The van der Waals surface area contributed by atoms with Gasteiger partial charge in [0.05, 0.1) is 10.8 Å². The Morgan fingerprint density at radius 2 is 2.20 bits per heavy atom. The Morgan fingerprint density at radius 1 is 1.36 bits per heavy atom. The van der Waals surface area contributed by atoms with Crippen molar-refractivity contribution in [3.05, 3.63) is 24.0 Å². The van der Waals surface area contributed by atoms with Gasteiger partial charge in [-0.25, -0.2) is 9.37 Å². The van der Waals surface area contributed by atoms with E-state index in [4.69, 9.17) is 4.74 Å². The van der Waals surface area contributed by atoms with Gasteiger partial charge in [-0.05, 0) is 37.8 Å². The van der Waals surface area contributed by atoms with Crippen molar-refractivity contribution >= 4 is 32.6 Å². The Balaban J connectivity index is 1.32. The van der Waals surface area contributed by atoms with Crippen molar-refractivity contribution in [1.29, 1.82) is 0 Å². The molecule has 25 heavy (non-hydrogen) atoms. The van der Waals surface area contributed by atoms with Crippen LogP contribution in [0.25, 0.3) is 10.2 Å². The average Bonchev–Trinajstić information content (AvgIpc) is 3.30. The Labute approximate surface area is 150 Å². The second kappa shape index (κ2) is 7.25. The molecule has 2 aliphatic heterocycles. The fourth-order valence-corrected chi connectivity index (χ4v) is 4.57. The monoisotopic (exact) mass is 363 g/mol. The Bertz CT molecular complexity index is 752. The van der Waals surface area contributed by atoms with Crippen LogP contribution in [0.5, 0.6) is 0 Å². The van der Waals surface area contributed by atoms with Crippen molar-refractivity contribution in [1.82, 2.24) is 10.3 Å². The van der Waals surface area contributed by atoms with Gasteiger partial charge in [-0.1, -0.05) is 17.4 Å². The summed E-state index contributed by atoms with van der Waals surface area (Å²) in [6, 6.07) is 5.05. The molecule has 0 spiro atoms. The molecule has 2 aromatic rings. The summed E-state index contributed by atoms with van der Waals surface area (Å²) in [4.78, 5) is 18.9. The number of anilines is 1. The zero-order valence-corrected chi connectivity index (χ0v) is 14.9. The molecule has 1 amide bonds. The molecule has 4 rings (SSSR count). The molecule has 0 bridgehead atoms. The van der Waals surface area contributed by atoms with Crippen LogP contribution < -0.4 is 10.2 Å². The number of rotatable bonds is 4. The normalized spacial score (nSPS) is 21.8. The summed E-state index contributed by atoms with van der Waals surface area (Å²) in [7, 11) is 0. The lowest BCUT2D eigenvalue weighted by Crippen LogP contribution is -2.42. The predicted octanol–water partition coefficient (Wildman–Crippen LogP) is 2.95. The fraction of sp³-hybridized carbons (Fsp3) is 0.556. The number of thiazole rings is 1. The van der Waals surface area contributed by atoms with Crippen LogP contribution in [0.2, 0.25) is 0 Å². The minimum Gasteiger partial charge on any atom is -0.376 e. The van der Waals surface area contributed by atoms with E-state index in [0.29, 0.717) is 12.1 Å². The summed E-state index contributed by atoms with van der Waals surface area (Å²) in [5, 5.41) is 3.88. The van der Waals surface area contributed by atoms with Gasteiger partial charge >= 0.3 is 0 Å². The number of amides is 1. The van der Waals surface area contributed by atoms with E-state index in [9.17, 15) is 9.18 Å². The van der Waals surface area contributed by atoms with E-state index in [2.05, 4.69) is 15.2 Å². The Kier molecular flexibility index (Phi) is 4.85. The lowest BCUT2D eigenvalue weighted by Gasteiger charge is -2.31. The molecule has 2 saturated heterocycles. The van der Waals surface area contributed by atoms with E-state index in [1.165, 1.54) is 17.4 Å². The number of hydrogen-bond acceptors (Lipinski definition) is 5. The van der Waals surface area contributed by atoms with Crippen LogP contribution in [0, 0.1) is 11.7 Å². The molecule has 0 aliphatic carbocycles. The molecule has 1 aromatic carbocycles. The number of hydrogen-bond donors (Lipinski definition) is 1. The molecule has 1 atom stereocenters. The number of carbonyl (C=O) groups excluding carboxylic acids is 1. The number of nitrogens with one attached hydrogen (secondary N) is 1. The zero-order valence-electron chi connectivity index (χ0n) is 14.0. The number of aromatic nitrogens is 1. The molecular weight excluding hydrogens is 341 g/mol. The van der Waals surface area contributed by atoms with E-state index in [1.807, 2.05) is 6.07 Å². The second-order valence-electron chi connectivity index (χ2n) is 6.72. The third-order valence-corrected chi connectivity index (χ3v) is 6.10. The standard InChI is InChI=1S/C18H22FN3O2S/c19-14-4-1-5-15-16(14)21-18(25-15)22-8-6-12(7-9-22)17(23)20-11-13-3-2-10-24-13/h1,4-5,12-13H,2-3,6-11H2,(H,20,23). The van der Waals surface area contributed by atoms with Gasteiger partial charge < -0.3 is 15.0 Å². The van der Waals surface area contributed by atoms with Crippen LogP contribution in [0.4, 0.5) is 9.52 Å². The minimum atomic E-state index is -0.275. The average molecular weight is 363 g/mol. The van der Waals surface area contributed by atoms with Crippen LogP contribution in [-0.2, 0) is 9.53 Å². The van der Waals surface area contributed by atoms with Crippen molar-refractivity contribution in [2.24, 2.45) is 5.92 Å². The maximum Gasteiger partial charge on any atom is 0.223 e. The number of benzene rings is 1. The van der Waals surface area contributed by atoms with Gasteiger partial charge in [-0.2, -0.15) is 0 Å². The molecule has 3 heterocycles. The van der Waals surface area contributed by atoms with Crippen molar-refractivity contribution in [3.63, 3.8) is 0 Å². The number of nitrogens with zero attached hydrogens (tertiary/aromatic N) is 2. The third kappa shape index (κ3) is 3.62. The van der Waals surface area contributed by atoms with Gasteiger partial charge in [0, 0.05) is 32.2 Å². The summed E-state index contributed by atoms with van der Waals surface area (Å²) in [5.74, 6) is -0.0994. The van der Waals surface area contributed by atoms with Gasteiger partial charge in [0.1, 0.15) is 11.3 Å². The SMILES string of the molecule is O=C(NCC1CCCO1)C1CCN(c2nc3c(F)cccc3s2)CC1. The maximum atomic E-state index is 13.8. The number of halogens is 1. The molecule has 2 aliphatic rings. The molecule has 134 valence electrons. The van der Waals surface area contributed by atoms with E-state index in [0.717, 1.165) is 55.2 Å². The molecule has 1 aromatic heterocycles. The summed E-state index contributed by atoms with van der Waals surface area (Å²) in [6.45, 7) is 2.98. The zero-order chi connectivity index (χ0) is 17.2.